The average Bonchev–Trinajstić information content (AvgIpc) is 2.28. The quantitative estimate of drug-likeness (QED) is 0.902. The molecule has 2 atom stereocenters. The van der Waals surface area contributed by atoms with Crippen LogP contribution in [0, 0.1) is 0 Å². The molecule has 2 rings (SSSR count). The van der Waals surface area contributed by atoms with Gasteiger partial charge in [-0.25, -0.2) is 0 Å². The van der Waals surface area contributed by atoms with Crippen molar-refractivity contribution in [1.29, 1.82) is 0 Å². The largest absolute Gasteiger partial charge is 0.496 e. The number of rotatable bonds is 3. The van der Waals surface area contributed by atoms with Crippen LogP contribution in [0.25, 0.3) is 0 Å². The molecule has 0 amide bonds. The predicted molar refractivity (Wildman–Crippen MR) is 75.8 cm³/mol. The molecule has 3 nitrogen and oxygen atoms in total. The topological polar surface area (TPSA) is 55.5 Å². The molecule has 0 heterocycles. The lowest BCUT2D eigenvalue weighted by Crippen LogP contribution is -2.42. The van der Waals surface area contributed by atoms with E-state index in [0.717, 1.165) is 35.0 Å². The van der Waals surface area contributed by atoms with Crippen molar-refractivity contribution in [3.63, 3.8) is 0 Å². The molecular formula is C14H20BrNO2. The minimum Gasteiger partial charge on any atom is -0.496 e. The van der Waals surface area contributed by atoms with Crippen LogP contribution < -0.4 is 10.5 Å². The van der Waals surface area contributed by atoms with Gasteiger partial charge in [-0.05, 0) is 59.3 Å². The number of hydrogen-bond donors (Lipinski definition) is 2. The summed E-state index contributed by atoms with van der Waals surface area (Å²) < 4.78 is 6.13. The first-order valence-corrected chi connectivity index (χ1v) is 7.12. The molecule has 4 heteroatoms. The van der Waals surface area contributed by atoms with E-state index in [9.17, 15) is 5.11 Å². The van der Waals surface area contributed by atoms with Gasteiger partial charge in [-0.2, -0.15) is 0 Å². The molecule has 2 unspecified atom stereocenters. The molecule has 100 valence electrons. The second-order valence-electron chi connectivity index (χ2n) is 5.23. The Kier molecular flexibility index (Phi) is 4.30. The van der Waals surface area contributed by atoms with Gasteiger partial charge in [0.1, 0.15) is 5.75 Å². The van der Waals surface area contributed by atoms with Crippen molar-refractivity contribution in [3.8, 4) is 5.75 Å². The highest BCUT2D eigenvalue weighted by Gasteiger charge is 2.33. The van der Waals surface area contributed by atoms with Crippen LogP contribution in [0.15, 0.2) is 22.7 Å². The Hall–Kier alpha value is -0.580. The molecule has 0 radical (unpaired) electrons. The van der Waals surface area contributed by atoms with Crippen LogP contribution in [-0.2, 0) is 6.42 Å². The van der Waals surface area contributed by atoms with Crippen molar-refractivity contribution < 1.29 is 9.84 Å². The normalized spacial score (nSPS) is 28.1. The van der Waals surface area contributed by atoms with Crippen LogP contribution >= 0.6 is 15.9 Å². The first kappa shape index (κ1) is 13.8. The van der Waals surface area contributed by atoms with Gasteiger partial charge in [0, 0.05) is 12.5 Å². The van der Waals surface area contributed by atoms with E-state index in [1.807, 2.05) is 18.2 Å². The smallest absolute Gasteiger partial charge is 0.133 e. The standard InChI is InChI=1S/C14H20BrNO2/c1-18-13-5-4-10(7-12(13)15)8-14(17)6-2-3-11(16)9-14/h4-5,7,11,17H,2-3,6,8-9,16H2,1H3. The monoisotopic (exact) mass is 313 g/mol. The van der Waals surface area contributed by atoms with Crippen LogP contribution in [-0.4, -0.2) is 23.9 Å². The second-order valence-corrected chi connectivity index (χ2v) is 6.08. The third-order valence-electron chi connectivity index (χ3n) is 3.61. The van der Waals surface area contributed by atoms with E-state index in [0.29, 0.717) is 12.8 Å². The average molecular weight is 314 g/mol. The molecule has 3 N–H and O–H groups in total. The van der Waals surface area contributed by atoms with Crippen LogP contribution in [0.3, 0.4) is 0 Å². The third kappa shape index (κ3) is 3.25. The number of methoxy groups -OCH3 is 1. The van der Waals surface area contributed by atoms with Crippen molar-refractivity contribution >= 4 is 15.9 Å². The van der Waals surface area contributed by atoms with Gasteiger partial charge in [-0.1, -0.05) is 6.07 Å². The fourth-order valence-corrected chi connectivity index (χ4v) is 3.33. The number of halogens is 1. The highest BCUT2D eigenvalue weighted by atomic mass is 79.9. The zero-order chi connectivity index (χ0) is 13.2. The molecule has 1 aliphatic rings. The molecule has 1 fully saturated rings. The minimum atomic E-state index is -0.647. The Morgan fingerprint density at radius 3 is 2.94 bits per heavy atom. The van der Waals surface area contributed by atoms with E-state index in [4.69, 9.17) is 10.5 Å². The molecule has 1 aromatic rings. The zero-order valence-corrected chi connectivity index (χ0v) is 12.2. The van der Waals surface area contributed by atoms with Crippen molar-refractivity contribution in [2.45, 2.75) is 43.7 Å². The summed E-state index contributed by atoms with van der Waals surface area (Å²) in [6, 6.07) is 6.06. The molecule has 1 saturated carbocycles. The van der Waals surface area contributed by atoms with E-state index >= 15 is 0 Å². The van der Waals surface area contributed by atoms with E-state index in [2.05, 4.69) is 15.9 Å². The summed E-state index contributed by atoms with van der Waals surface area (Å²) in [6.45, 7) is 0. The first-order chi connectivity index (χ1) is 8.52. The molecule has 0 aliphatic heterocycles. The number of hydrogen-bond acceptors (Lipinski definition) is 3. The summed E-state index contributed by atoms with van der Waals surface area (Å²) in [5.41, 5.74) is 6.41. The Bertz CT molecular complexity index is 424. The fraction of sp³-hybridized carbons (Fsp3) is 0.571. The molecule has 1 aliphatic carbocycles. The maximum Gasteiger partial charge on any atom is 0.133 e. The highest BCUT2D eigenvalue weighted by molar-refractivity contribution is 9.10. The lowest BCUT2D eigenvalue weighted by molar-refractivity contribution is -0.00192. The number of benzene rings is 1. The molecule has 0 saturated heterocycles. The van der Waals surface area contributed by atoms with E-state index in [1.54, 1.807) is 7.11 Å². The van der Waals surface area contributed by atoms with Gasteiger partial charge >= 0.3 is 0 Å². The summed E-state index contributed by atoms with van der Waals surface area (Å²) in [7, 11) is 1.65. The Balaban J connectivity index is 2.11. The highest BCUT2D eigenvalue weighted by Crippen LogP contribution is 2.33. The summed E-state index contributed by atoms with van der Waals surface area (Å²) >= 11 is 3.47. The van der Waals surface area contributed by atoms with Gasteiger partial charge in [0.05, 0.1) is 17.2 Å². The third-order valence-corrected chi connectivity index (χ3v) is 4.23. The van der Waals surface area contributed by atoms with Gasteiger partial charge in [-0.15, -0.1) is 0 Å². The SMILES string of the molecule is COc1ccc(CC2(O)CCCC(N)C2)cc1Br. The molecule has 0 spiro atoms. The van der Waals surface area contributed by atoms with Crippen molar-refractivity contribution in [2.75, 3.05) is 7.11 Å². The van der Waals surface area contributed by atoms with Gasteiger partial charge in [-0.3, -0.25) is 0 Å². The Labute approximate surface area is 116 Å². The maximum atomic E-state index is 10.6. The molecule has 0 bridgehead atoms. The van der Waals surface area contributed by atoms with Crippen molar-refractivity contribution in [2.24, 2.45) is 5.73 Å². The molecule has 1 aromatic carbocycles. The molecular weight excluding hydrogens is 294 g/mol. The Morgan fingerprint density at radius 1 is 1.56 bits per heavy atom. The molecule has 0 aromatic heterocycles. The van der Waals surface area contributed by atoms with Gasteiger partial charge in [0.2, 0.25) is 0 Å². The number of nitrogens with two attached hydrogens (primary N) is 1. The van der Waals surface area contributed by atoms with Gasteiger partial charge in [0.25, 0.3) is 0 Å². The van der Waals surface area contributed by atoms with Crippen LogP contribution in [0.1, 0.15) is 31.2 Å². The van der Waals surface area contributed by atoms with E-state index in [1.165, 1.54) is 0 Å². The van der Waals surface area contributed by atoms with E-state index < -0.39 is 5.60 Å². The van der Waals surface area contributed by atoms with E-state index in [-0.39, 0.29) is 6.04 Å². The number of aliphatic hydroxyl groups is 1. The van der Waals surface area contributed by atoms with Crippen molar-refractivity contribution in [3.05, 3.63) is 28.2 Å². The fourth-order valence-electron chi connectivity index (χ4n) is 2.75. The second kappa shape index (κ2) is 5.59. The Morgan fingerprint density at radius 2 is 2.33 bits per heavy atom. The molecule has 18 heavy (non-hydrogen) atoms. The van der Waals surface area contributed by atoms with Gasteiger partial charge in [0.15, 0.2) is 0 Å². The van der Waals surface area contributed by atoms with Crippen molar-refractivity contribution in [1.82, 2.24) is 0 Å². The maximum absolute atomic E-state index is 10.6. The summed E-state index contributed by atoms with van der Waals surface area (Å²) in [6.07, 6.45) is 4.22. The van der Waals surface area contributed by atoms with Crippen LogP contribution in [0.5, 0.6) is 5.75 Å². The summed E-state index contributed by atoms with van der Waals surface area (Å²) in [5.74, 6) is 0.811. The lowest BCUT2D eigenvalue weighted by atomic mass is 9.78. The minimum absolute atomic E-state index is 0.130. The van der Waals surface area contributed by atoms with Crippen LogP contribution in [0.2, 0.25) is 0 Å². The lowest BCUT2D eigenvalue weighted by Gasteiger charge is -2.35. The summed E-state index contributed by atoms with van der Waals surface area (Å²) in [4.78, 5) is 0. The van der Waals surface area contributed by atoms with Crippen LogP contribution in [0.4, 0.5) is 0 Å². The predicted octanol–water partition coefficient (Wildman–Crippen LogP) is 2.63. The first-order valence-electron chi connectivity index (χ1n) is 6.33. The summed E-state index contributed by atoms with van der Waals surface area (Å²) in [5, 5.41) is 10.6. The zero-order valence-electron chi connectivity index (χ0n) is 10.7. The van der Waals surface area contributed by atoms with Gasteiger partial charge < -0.3 is 15.6 Å². The number of ether oxygens (including phenoxy) is 1.